The number of amides is 1. The van der Waals surface area contributed by atoms with Crippen LogP contribution in [0.2, 0.25) is 0 Å². The first-order valence-corrected chi connectivity index (χ1v) is 12.7. The summed E-state index contributed by atoms with van der Waals surface area (Å²) in [6.45, 7) is 5.70. The van der Waals surface area contributed by atoms with Crippen LogP contribution in [0.3, 0.4) is 0 Å². The number of para-hydroxylation sites is 2. The molecule has 0 atom stereocenters. The number of nitrogens with one attached hydrogen (secondary N) is 1. The number of halogens is 1. The second-order valence-electron chi connectivity index (χ2n) is 8.96. The molecule has 0 saturated carbocycles. The van der Waals surface area contributed by atoms with Crippen molar-refractivity contribution in [1.29, 1.82) is 0 Å². The molecular formula is C27H29BrN4O2. The van der Waals surface area contributed by atoms with Gasteiger partial charge in [-0.05, 0) is 103 Å². The number of furan rings is 1. The minimum absolute atomic E-state index is 0.0273. The molecule has 5 rings (SSSR count). The molecule has 4 aromatic rings. The second kappa shape index (κ2) is 10.2. The first-order chi connectivity index (χ1) is 16.6. The van der Waals surface area contributed by atoms with Crippen LogP contribution in [0, 0.1) is 0 Å². The van der Waals surface area contributed by atoms with Crippen molar-refractivity contribution in [3.63, 3.8) is 0 Å². The van der Waals surface area contributed by atoms with Crippen LogP contribution in [0.25, 0.3) is 22.6 Å². The van der Waals surface area contributed by atoms with Gasteiger partial charge in [-0.2, -0.15) is 0 Å². The van der Waals surface area contributed by atoms with E-state index in [0.29, 0.717) is 10.6 Å². The van der Waals surface area contributed by atoms with E-state index in [1.807, 2.05) is 30.3 Å². The van der Waals surface area contributed by atoms with E-state index in [-0.39, 0.29) is 5.91 Å². The Morgan fingerprint density at radius 2 is 1.91 bits per heavy atom. The van der Waals surface area contributed by atoms with Gasteiger partial charge in [-0.15, -0.1) is 0 Å². The molecule has 1 aliphatic heterocycles. The highest BCUT2D eigenvalue weighted by Gasteiger charge is 2.21. The van der Waals surface area contributed by atoms with Crippen LogP contribution in [-0.2, 0) is 11.3 Å². The van der Waals surface area contributed by atoms with E-state index in [0.717, 1.165) is 73.7 Å². The number of imidazole rings is 1. The van der Waals surface area contributed by atoms with E-state index in [4.69, 9.17) is 9.40 Å². The number of hydrogen-bond donors (Lipinski definition) is 1. The zero-order chi connectivity index (χ0) is 23.5. The molecule has 34 heavy (non-hydrogen) atoms. The van der Waals surface area contributed by atoms with E-state index in [2.05, 4.69) is 61.0 Å². The van der Waals surface area contributed by atoms with Gasteiger partial charge in [0, 0.05) is 19.2 Å². The molecular weight excluding hydrogens is 492 g/mol. The standard InChI is InChI=1S/C27H29BrN4O2/c1-19(33)29-22-7-4-6-21(18-22)20-12-16-31(17-13-20)14-5-15-32-24-9-3-2-8-23(24)30-27(32)25-10-11-26(28)34-25/h2-4,6-11,18,20H,5,12-17H2,1H3,(H,29,33). The molecule has 1 amide bonds. The molecule has 2 aromatic heterocycles. The number of likely N-dealkylation sites (tertiary alicyclic amines) is 1. The van der Waals surface area contributed by atoms with Crippen molar-refractivity contribution in [2.45, 2.75) is 38.6 Å². The third-order valence-corrected chi connectivity index (χ3v) is 7.00. The van der Waals surface area contributed by atoms with Crippen molar-refractivity contribution in [3.8, 4) is 11.6 Å². The fraction of sp³-hybridized carbons (Fsp3) is 0.333. The number of hydrogen-bond acceptors (Lipinski definition) is 4. The lowest BCUT2D eigenvalue weighted by Gasteiger charge is -2.32. The van der Waals surface area contributed by atoms with Crippen molar-refractivity contribution in [3.05, 3.63) is 70.9 Å². The summed E-state index contributed by atoms with van der Waals surface area (Å²) >= 11 is 3.41. The Kier molecular flexibility index (Phi) is 6.83. The SMILES string of the molecule is CC(=O)Nc1cccc(C2CCN(CCCn3c(-c4ccc(Br)o4)nc4ccccc43)CC2)c1. The van der Waals surface area contributed by atoms with Gasteiger partial charge in [-0.3, -0.25) is 4.79 Å². The largest absolute Gasteiger partial charge is 0.446 e. The molecule has 7 heteroatoms. The fourth-order valence-electron chi connectivity index (χ4n) is 4.94. The summed E-state index contributed by atoms with van der Waals surface area (Å²) in [5.41, 5.74) is 4.35. The van der Waals surface area contributed by atoms with E-state index in [1.165, 1.54) is 5.56 Å². The number of aromatic nitrogens is 2. The monoisotopic (exact) mass is 520 g/mol. The van der Waals surface area contributed by atoms with Crippen LogP contribution < -0.4 is 5.32 Å². The summed E-state index contributed by atoms with van der Waals surface area (Å²) in [6.07, 6.45) is 3.34. The molecule has 1 fully saturated rings. The summed E-state index contributed by atoms with van der Waals surface area (Å²) in [7, 11) is 0. The number of carbonyl (C=O) groups is 1. The molecule has 0 unspecified atom stereocenters. The second-order valence-corrected chi connectivity index (χ2v) is 9.74. The minimum Gasteiger partial charge on any atom is -0.446 e. The van der Waals surface area contributed by atoms with Gasteiger partial charge in [0.2, 0.25) is 5.91 Å². The first-order valence-electron chi connectivity index (χ1n) is 11.9. The number of anilines is 1. The number of carbonyl (C=O) groups excluding carboxylic acids is 1. The summed E-state index contributed by atoms with van der Waals surface area (Å²) in [6, 6.07) is 20.5. The highest BCUT2D eigenvalue weighted by Crippen LogP contribution is 2.31. The van der Waals surface area contributed by atoms with E-state index >= 15 is 0 Å². The molecule has 1 saturated heterocycles. The molecule has 0 aliphatic carbocycles. The van der Waals surface area contributed by atoms with Crippen LogP contribution in [-0.4, -0.2) is 40.0 Å². The van der Waals surface area contributed by atoms with Gasteiger partial charge in [0.15, 0.2) is 16.3 Å². The number of nitrogens with zero attached hydrogens (tertiary/aromatic N) is 3. The van der Waals surface area contributed by atoms with Crippen molar-refractivity contribution in [2.24, 2.45) is 0 Å². The molecule has 0 spiro atoms. The number of aryl methyl sites for hydroxylation is 1. The van der Waals surface area contributed by atoms with Gasteiger partial charge in [0.25, 0.3) is 0 Å². The summed E-state index contributed by atoms with van der Waals surface area (Å²) < 4.78 is 8.81. The molecule has 6 nitrogen and oxygen atoms in total. The normalized spacial score (nSPS) is 15.1. The maximum Gasteiger partial charge on any atom is 0.221 e. The maximum atomic E-state index is 11.4. The average molecular weight is 521 g/mol. The molecule has 1 N–H and O–H groups in total. The Hall–Kier alpha value is -2.90. The van der Waals surface area contributed by atoms with Gasteiger partial charge in [-0.1, -0.05) is 24.3 Å². The molecule has 2 aromatic carbocycles. The Morgan fingerprint density at radius 3 is 2.68 bits per heavy atom. The van der Waals surface area contributed by atoms with Gasteiger partial charge in [0.1, 0.15) is 0 Å². The zero-order valence-corrected chi connectivity index (χ0v) is 20.9. The van der Waals surface area contributed by atoms with Crippen LogP contribution in [0.5, 0.6) is 0 Å². The zero-order valence-electron chi connectivity index (χ0n) is 19.3. The van der Waals surface area contributed by atoms with Gasteiger partial charge < -0.3 is 19.2 Å². The van der Waals surface area contributed by atoms with Gasteiger partial charge in [-0.25, -0.2) is 4.98 Å². The van der Waals surface area contributed by atoms with Crippen molar-refractivity contribution in [1.82, 2.24) is 14.5 Å². The Labute approximate surface area is 208 Å². The van der Waals surface area contributed by atoms with Gasteiger partial charge >= 0.3 is 0 Å². The van der Waals surface area contributed by atoms with E-state index < -0.39 is 0 Å². The summed E-state index contributed by atoms with van der Waals surface area (Å²) in [5.74, 6) is 2.18. The first kappa shape index (κ1) is 22.9. The van der Waals surface area contributed by atoms with E-state index in [1.54, 1.807) is 6.92 Å². The predicted octanol–water partition coefficient (Wildman–Crippen LogP) is 6.29. The van der Waals surface area contributed by atoms with Crippen molar-refractivity contribution >= 4 is 38.6 Å². The van der Waals surface area contributed by atoms with Crippen molar-refractivity contribution in [2.75, 3.05) is 25.0 Å². The lowest BCUT2D eigenvalue weighted by Crippen LogP contribution is -2.34. The number of piperidine rings is 1. The Bertz CT molecular complexity index is 1290. The van der Waals surface area contributed by atoms with Crippen LogP contribution in [0.15, 0.2) is 69.8 Å². The third kappa shape index (κ3) is 5.10. The molecule has 0 bridgehead atoms. The third-order valence-electron chi connectivity index (χ3n) is 6.57. The minimum atomic E-state index is -0.0273. The highest BCUT2D eigenvalue weighted by molar-refractivity contribution is 9.10. The Balaban J connectivity index is 1.20. The molecule has 176 valence electrons. The van der Waals surface area contributed by atoms with E-state index in [9.17, 15) is 4.79 Å². The summed E-state index contributed by atoms with van der Waals surface area (Å²) in [4.78, 5) is 18.8. The smallest absolute Gasteiger partial charge is 0.221 e. The Morgan fingerprint density at radius 1 is 1.09 bits per heavy atom. The number of fused-ring (bicyclic) bond motifs is 1. The quantitative estimate of drug-likeness (QED) is 0.311. The predicted molar refractivity (Wildman–Crippen MR) is 139 cm³/mol. The number of benzene rings is 2. The van der Waals surface area contributed by atoms with Crippen LogP contribution in [0.1, 0.15) is 37.7 Å². The van der Waals surface area contributed by atoms with Gasteiger partial charge in [0.05, 0.1) is 11.0 Å². The molecule has 1 aliphatic rings. The summed E-state index contributed by atoms with van der Waals surface area (Å²) in [5, 5.41) is 2.90. The molecule has 0 radical (unpaired) electrons. The highest BCUT2D eigenvalue weighted by atomic mass is 79.9. The molecule has 3 heterocycles. The number of rotatable bonds is 7. The van der Waals surface area contributed by atoms with Crippen molar-refractivity contribution < 1.29 is 9.21 Å². The van der Waals surface area contributed by atoms with Crippen LogP contribution >= 0.6 is 15.9 Å². The fourth-order valence-corrected chi connectivity index (χ4v) is 5.25. The lowest BCUT2D eigenvalue weighted by atomic mass is 9.89. The maximum absolute atomic E-state index is 11.4. The topological polar surface area (TPSA) is 63.3 Å². The van der Waals surface area contributed by atoms with Crippen LogP contribution in [0.4, 0.5) is 5.69 Å². The lowest BCUT2D eigenvalue weighted by molar-refractivity contribution is -0.114. The average Bonchev–Trinajstić information content (AvgIpc) is 3.43.